The smallest absolute Gasteiger partial charge is 0.202 e. The fourth-order valence-electron chi connectivity index (χ4n) is 1.97. The predicted octanol–water partition coefficient (Wildman–Crippen LogP) is 4.68. The zero-order valence-corrected chi connectivity index (χ0v) is 14.7. The molecule has 110 valence electrons. The first-order valence-electron chi connectivity index (χ1n) is 6.48. The van der Waals surface area contributed by atoms with E-state index >= 15 is 0 Å². The van der Waals surface area contributed by atoms with Crippen LogP contribution < -0.4 is 9.80 Å². The van der Waals surface area contributed by atoms with E-state index in [-0.39, 0.29) is 0 Å². The van der Waals surface area contributed by atoms with Gasteiger partial charge in [-0.15, -0.1) is 11.8 Å². The quantitative estimate of drug-likeness (QED) is 0.487. The van der Waals surface area contributed by atoms with Gasteiger partial charge in [0.05, 0.1) is 0 Å². The normalized spacial score (nSPS) is 10.3. The SMILES string of the molecule is CSc1cccc(N(C)C(=N)N(C)c2cccc(Br)c2)c1. The van der Waals surface area contributed by atoms with E-state index in [1.165, 1.54) is 4.90 Å². The highest BCUT2D eigenvalue weighted by atomic mass is 79.9. The number of nitrogens with one attached hydrogen (secondary N) is 1. The maximum absolute atomic E-state index is 8.40. The van der Waals surface area contributed by atoms with E-state index in [1.54, 1.807) is 11.8 Å². The van der Waals surface area contributed by atoms with Crippen LogP contribution in [0.3, 0.4) is 0 Å². The summed E-state index contributed by atoms with van der Waals surface area (Å²) < 4.78 is 1.01. The molecule has 2 aromatic rings. The second-order valence-electron chi connectivity index (χ2n) is 4.62. The summed E-state index contributed by atoms with van der Waals surface area (Å²) in [5.41, 5.74) is 1.98. The summed E-state index contributed by atoms with van der Waals surface area (Å²) in [7, 11) is 3.81. The summed E-state index contributed by atoms with van der Waals surface area (Å²) in [4.78, 5) is 4.93. The molecule has 0 spiro atoms. The summed E-state index contributed by atoms with van der Waals surface area (Å²) >= 11 is 5.17. The first kappa shape index (κ1) is 15.9. The maximum Gasteiger partial charge on any atom is 0.202 e. The Morgan fingerprint density at radius 2 is 1.57 bits per heavy atom. The molecule has 2 aromatic carbocycles. The molecule has 0 aliphatic rings. The van der Waals surface area contributed by atoms with E-state index in [9.17, 15) is 0 Å². The van der Waals surface area contributed by atoms with Crippen LogP contribution in [0.25, 0.3) is 0 Å². The summed E-state index contributed by atoms with van der Waals surface area (Å²) in [6.07, 6.45) is 2.05. The van der Waals surface area contributed by atoms with E-state index < -0.39 is 0 Å². The summed E-state index contributed by atoms with van der Waals surface area (Å²) in [6.45, 7) is 0. The predicted molar refractivity (Wildman–Crippen MR) is 96.9 cm³/mol. The molecular formula is C16H18BrN3S. The van der Waals surface area contributed by atoms with Crippen LogP contribution in [0.1, 0.15) is 0 Å². The Morgan fingerprint density at radius 1 is 1.00 bits per heavy atom. The van der Waals surface area contributed by atoms with Crippen LogP contribution in [0.5, 0.6) is 0 Å². The monoisotopic (exact) mass is 363 g/mol. The van der Waals surface area contributed by atoms with Gasteiger partial charge >= 0.3 is 0 Å². The van der Waals surface area contributed by atoms with Gasteiger partial charge in [0.2, 0.25) is 5.96 Å². The van der Waals surface area contributed by atoms with E-state index in [0.29, 0.717) is 5.96 Å². The third-order valence-corrected chi connectivity index (χ3v) is 4.49. The highest BCUT2D eigenvalue weighted by Gasteiger charge is 2.14. The van der Waals surface area contributed by atoms with Gasteiger partial charge in [-0.1, -0.05) is 28.1 Å². The van der Waals surface area contributed by atoms with Crippen LogP contribution in [0.4, 0.5) is 11.4 Å². The summed E-state index contributed by atoms with van der Waals surface area (Å²) in [5, 5.41) is 8.40. The molecule has 0 unspecified atom stereocenters. The number of benzene rings is 2. The topological polar surface area (TPSA) is 30.3 Å². The second kappa shape index (κ2) is 7.00. The molecule has 3 nitrogen and oxygen atoms in total. The molecular weight excluding hydrogens is 346 g/mol. The van der Waals surface area contributed by atoms with Crippen molar-refractivity contribution in [1.82, 2.24) is 0 Å². The van der Waals surface area contributed by atoms with Crippen LogP contribution >= 0.6 is 27.7 Å². The van der Waals surface area contributed by atoms with E-state index in [4.69, 9.17) is 5.41 Å². The number of hydrogen-bond acceptors (Lipinski definition) is 2. The van der Waals surface area contributed by atoms with Gasteiger partial charge in [0, 0.05) is 34.8 Å². The minimum absolute atomic E-state index is 0.423. The standard InChI is InChI=1S/C16H18BrN3S/c1-19(13-7-4-6-12(17)10-13)16(18)20(2)14-8-5-9-15(11-14)21-3/h4-11,18H,1-3H3. The van der Waals surface area contributed by atoms with E-state index in [2.05, 4.69) is 34.3 Å². The van der Waals surface area contributed by atoms with E-state index in [0.717, 1.165) is 15.8 Å². The molecule has 0 amide bonds. The number of nitrogens with zero attached hydrogens (tertiary/aromatic N) is 2. The van der Waals surface area contributed by atoms with Crippen molar-refractivity contribution < 1.29 is 0 Å². The van der Waals surface area contributed by atoms with Crippen LogP contribution in [0, 0.1) is 5.41 Å². The largest absolute Gasteiger partial charge is 0.315 e. The van der Waals surface area contributed by atoms with Crippen molar-refractivity contribution in [2.75, 3.05) is 30.2 Å². The molecule has 0 heterocycles. The van der Waals surface area contributed by atoms with Crippen molar-refractivity contribution in [3.8, 4) is 0 Å². The highest BCUT2D eigenvalue weighted by Crippen LogP contribution is 2.24. The van der Waals surface area contributed by atoms with Gasteiger partial charge in [-0.3, -0.25) is 5.41 Å². The number of halogens is 1. The van der Waals surface area contributed by atoms with Crippen LogP contribution in [-0.2, 0) is 0 Å². The lowest BCUT2D eigenvalue weighted by Crippen LogP contribution is -2.39. The minimum atomic E-state index is 0.423. The zero-order chi connectivity index (χ0) is 15.4. The highest BCUT2D eigenvalue weighted by molar-refractivity contribution is 9.10. The Morgan fingerprint density at radius 3 is 2.14 bits per heavy atom. The van der Waals surface area contributed by atoms with Crippen molar-refractivity contribution in [2.45, 2.75) is 4.90 Å². The number of anilines is 2. The van der Waals surface area contributed by atoms with Gasteiger partial charge in [0.1, 0.15) is 0 Å². The first-order chi connectivity index (χ1) is 10.0. The second-order valence-corrected chi connectivity index (χ2v) is 6.42. The van der Waals surface area contributed by atoms with E-state index in [1.807, 2.05) is 60.3 Å². The Balaban J connectivity index is 2.22. The molecule has 0 saturated carbocycles. The molecule has 0 aliphatic heterocycles. The minimum Gasteiger partial charge on any atom is -0.315 e. The Kier molecular flexibility index (Phi) is 5.31. The molecule has 0 saturated heterocycles. The Hall–Kier alpha value is -1.46. The molecule has 0 radical (unpaired) electrons. The molecule has 2 rings (SSSR count). The average Bonchev–Trinajstić information content (AvgIpc) is 2.52. The van der Waals surface area contributed by atoms with Crippen LogP contribution in [-0.4, -0.2) is 26.3 Å². The van der Waals surface area contributed by atoms with Crippen LogP contribution in [0.15, 0.2) is 57.9 Å². The van der Waals surface area contributed by atoms with Crippen molar-refractivity contribution in [1.29, 1.82) is 5.41 Å². The first-order valence-corrected chi connectivity index (χ1v) is 8.50. The molecule has 0 bridgehead atoms. The molecule has 0 atom stereocenters. The van der Waals surface area contributed by atoms with Crippen molar-refractivity contribution in [3.05, 3.63) is 53.0 Å². The van der Waals surface area contributed by atoms with Gasteiger partial charge in [0.25, 0.3) is 0 Å². The fraction of sp³-hybridized carbons (Fsp3) is 0.188. The zero-order valence-electron chi connectivity index (χ0n) is 12.3. The summed E-state index contributed by atoms with van der Waals surface area (Å²) in [6, 6.07) is 16.1. The molecule has 5 heteroatoms. The summed E-state index contributed by atoms with van der Waals surface area (Å²) in [5.74, 6) is 0.423. The van der Waals surface area contributed by atoms with Gasteiger partial charge in [-0.25, -0.2) is 0 Å². The van der Waals surface area contributed by atoms with Gasteiger partial charge in [-0.05, 0) is 42.7 Å². The van der Waals surface area contributed by atoms with Crippen molar-refractivity contribution in [2.24, 2.45) is 0 Å². The fourth-order valence-corrected chi connectivity index (χ4v) is 2.81. The third kappa shape index (κ3) is 3.80. The Labute approximate surface area is 138 Å². The van der Waals surface area contributed by atoms with Crippen LogP contribution in [0.2, 0.25) is 0 Å². The number of thioether (sulfide) groups is 1. The van der Waals surface area contributed by atoms with Crippen molar-refractivity contribution in [3.63, 3.8) is 0 Å². The maximum atomic E-state index is 8.40. The lowest BCUT2D eigenvalue weighted by Gasteiger charge is -2.28. The lowest BCUT2D eigenvalue weighted by molar-refractivity contribution is 1.11. The Bertz CT molecular complexity index is 645. The molecule has 1 N–H and O–H groups in total. The van der Waals surface area contributed by atoms with Gasteiger partial charge in [0.15, 0.2) is 0 Å². The molecule has 0 fully saturated rings. The van der Waals surface area contributed by atoms with Crippen molar-refractivity contribution >= 4 is 45.0 Å². The molecule has 0 aromatic heterocycles. The third-order valence-electron chi connectivity index (χ3n) is 3.27. The number of guanidine groups is 1. The van der Waals surface area contributed by atoms with Gasteiger partial charge < -0.3 is 9.80 Å². The average molecular weight is 364 g/mol. The molecule has 21 heavy (non-hydrogen) atoms. The lowest BCUT2D eigenvalue weighted by atomic mass is 10.3. The van der Waals surface area contributed by atoms with Gasteiger partial charge in [-0.2, -0.15) is 0 Å². The number of hydrogen-bond donors (Lipinski definition) is 1. The number of rotatable bonds is 3. The molecule has 0 aliphatic carbocycles.